The van der Waals surface area contributed by atoms with Crippen molar-refractivity contribution in [1.82, 2.24) is 5.43 Å². The Morgan fingerprint density at radius 2 is 2.08 bits per heavy atom. The molecule has 1 heterocycles. The van der Waals surface area contributed by atoms with Gasteiger partial charge < -0.3 is 13.7 Å². The predicted molar refractivity (Wildman–Crippen MR) is 84.4 cm³/mol. The van der Waals surface area contributed by atoms with Crippen LogP contribution in [0.15, 0.2) is 44.9 Å². The minimum atomic E-state index is -4.68. The monoisotopic (exact) mass is 391 g/mol. The zero-order chi connectivity index (χ0) is 17.7. The number of hydrazone groups is 1. The second kappa shape index (κ2) is 7.67. The zero-order valence-corrected chi connectivity index (χ0v) is 14.1. The number of carbonyl (C=O) groups is 1. The molecule has 1 aromatic heterocycles. The molecule has 0 atom stereocenters. The van der Waals surface area contributed by atoms with Gasteiger partial charge in [0, 0.05) is 5.02 Å². The minimum Gasteiger partial charge on any atom is -0.742 e. The van der Waals surface area contributed by atoms with Gasteiger partial charge in [-0.1, -0.05) is 23.2 Å². The lowest BCUT2D eigenvalue weighted by atomic mass is 10.3. The van der Waals surface area contributed by atoms with Crippen molar-refractivity contribution in [1.29, 1.82) is 0 Å². The lowest BCUT2D eigenvalue weighted by molar-refractivity contribution is -0.123. The highest BCUT2D eigenvalue weighted by Crippen LogP contribution is 2.27. The molecule has 128 valence electrons. The maximum atomic E-state index is 11.6. The summed E-state index contributed by atoms with van der Waals surface area (Å²) in [6, 6.07) is 6.72. The van der Waals surface area contributed by atoms with E-state index in [0.717, 1.165) is 12.3 Å². The fraction of sp³-hybridized carbons (Fsp3) is 0.0769. The molecule has 0 spiro atoms. The van der Waals surface area contributed by atoms with Gasteiger partial charge >= 0.3 is 0 Å². The summed E-state index contributed by atoms with van der Waals surface area (Å²) in [6.07, 6.45) is 1.03. The third-order valence-electron chi connectivity index (χ3n) is 2.48. The summed E-state index contributed by atoms with van der Waals surface area (Å²) in [5, 5.41) is 3.48. The molecule has 1 amide bonds. The number of halogens is 2. The molecule has 0 aliphatic carbocycles. The quantitative estimate of drug-likeness (QED) is 0.456. The van der Waals surface area contributed by atoms with Crippen molar-refractivity contribution in [3.8, 4) is 5.75 Å². The van der Waals surface area contributed by atoms with Gasteiger partial charge in [-0.25, -0.2) is 13.8 Å². The van der Waals surface area contributed by atoms with E-state index in [1.54, 1.807) is 6.07 Å². The first-order chi connectivity index (χ1) is 11.3. The van der Waals surface area contributed by atoms with Gasteiger partial charge in [-0.15, -0.1) is 0 Å². The molecule has 1 N–H and O–H groups in total. The van der Waals surface area contributed by atoms with Gasteiger partial charge in [-0.05, 0) is 30.3 Å². The van der Waals surface area contributed by atoms with Gasteiger partial charge in [0.1, 0.15) is 11.5 Å². The van der Waals surface area contributed by atoms with Crippen LogP contribution in [0.5, 0.6) is 5.75 Å². The summed E-state index contributed by atoms with van der Waals surface area (Å²) in [5.41, 5.74) is 2.13. The molecule has 2 rings (SSSR count). The Hall–Kier alpha value is -2.07. The Balaban J connectivity index is 1.85. The number of carbonyl (C=O) groups excluding carboxylic acids is 1. The van der Waals surface area contributed by atoms with Crippen LogP contribution < -0.4 is 10.2 Å². The van der Waals surface area contributed by atoms with Crippen molar-refractivity contribution < 1.29 is 26.9 Å². The number of nitrogens with zero attached hydrogens (tertiary/aromatic N) is 1. The molecule has 0 fully saturated rings. The van der Waals surface area contributed by atoms with E-state index in [2.05, 4.69) is 10.5 Å². The van der Waals surface area contributed by atoms with E-state index < -0.39 is 21.1 Å². The number of ether oxygens (including phenoxy) is 1. The number of benzene rings is 1. The fourth-order valence-electron chi connectivity index (χ4n) is 1.47. The van der Waals surface area contributed by atoms with Gasteiger partial charge in [0.05, 0.1) is 11.2 Å². The number of hydrogen-bond acceptors (Lipinski definition) is 7. The van der Waals surface area contributed by atoms with Crippen LogP contribution in [0.25, 0.3) is 0 Å². The number of rotatable bonds is 6. The third-order valence-corrected chi connectivity index (χ3v) is 3.72. The van der Waals surface area contributed by atoms with Crippen molar-refractivity contribution in [3.05, 3.63) is 46.1 Å². The first-order valence-electron chi connectivity index (χ1n) is 6.21. The molecule has 2 aromatic rings. The smallest absolute Gasteiger partial charge is 0.277 e. The van der Waals surface area contributed by atoms with Crippen LogP contribution in [-0.2, 0) is 14.9 Å². The SMILES string of the molecule is O=C(COc1ccc(Cl)cc1Cl)N/N=C/c1ccc(S(=O)(=O)[O-])o1. The van der Waals surface area contributed by atoms with Crippen LogP contribution in [0.3, 0.4) is 0 Å². The van der Waals surface area contributed by atoms with Gasteiger partial charge in [0.15, 0.2) is 16.7 Å². The lowest BCUT2D eigenvalue weighted by Crippen LogP contribution is -2.24. The lowest BCUT2D eigenvalue weighted by Gasteiger charge is -2.06. The van der Waals surface area contributed by atoms with Crippen LogP contribution >= 0.6 is 23.2 Å². The van der Waals surface area contributed by atoms with E-state index in [1.807, 2.05) is 0 Å². The average Bonchev–Trinajstić information content (AvgIpc) is 2.95. The first kappa shape index (κ1) is 18.3. The largest absolute Gasteiger partial charge is 0.742 e. The molecule has 0 aliphatic rings. The van der Waals surface area contributed by atoms with Crippen molar-refractivity contribution in [3.63, 3.8) is 0 Å². The number of amides is 1. The van der Waals surface area contributed by atoms with Crippen LogP contribution in [0.1, 0.15) is 5.76 Å². The summed E-state index contributed by atoms with van der Waals surface area (Å²) >= 11 is 11.6. The van der Waals surface area contributed by atoms with Crippen LogP contribution in [-0.4, -0.2) is 31.7 Å². The van der Waals surface area contributed by atoms with Crippen LogP contribution in [0.4, 0.5) is 0 Å². The highest BCUT2D eigenvalue weighted by Gasteiger charge is 2.07. The summed E-state index contributed by atoms with van der Waals surface area (Å²) in [5.74, 6) is -0.344. The fourth-order valence-corrected chi connectivity index (χ4v) is 2.37. The van der Waals surface area contributed by atoms with Crippen LogP contribution in [0.2, 0.25) is 10.0 Å². The molecule has 0 unspecified atom stereocenters. The summed E-state index contributed by atoms with van der Waals surface area (Å²) in [7, 11) is -4.68. The number of hydrogen-bond donors (Lipinski definition) is 1. The Bertz CT molecular complexity index is 878. The Labute approximate surface area is 146 Å². The van der Waals surface area contributed by atoms with E-state index in [9.17, 15) is 17.8 Å². The van der Waals surface area contributed by atoms with Gasteiger partial charge in [-0.3, -0.25) is 4.79 Å². The standard InChI is InChI=1S/C13H10Cl2N2O6S/c14-8-1-3-11(10(15)5-8)22-7-12(18)17-16-6-9-2-4-13(23-9)24(19,20)21/h1-6H,7H2,(H,17,18)(H,19,20,21)/p-1/b16-6+. The van der Waals surface area contributed by atoms with Crippen molar-refractivity contribution in [2.24, 2.45) is 5.10 Å². The molecule has 24 heavy (non-hydrogen) atoms. The van der Waals surface area contributed by atoms with E-state index in [0.29, 0.717) is 5.02 Å². The molecule has 1 aromatic carbocycles. The molecule has 0 radical (unpaired) electrons. The van der Waals surface area contributed by atoms with E-state index in [-0.39, 0.29) is 23.1 Å². The molecule has 0 saturated heterocycles. The first-order valence-corrected chi connectivity index (χ1v) is 8.37. The number of nitrogens with one attached hydrogen (secondary N) is 1. The molecule has 8 nitrogen and oxygen atoms in total. The molecular formula is C13H9Cl2N2O6S-. The second-order valence-electron chi connectivity index (χ2n) is 4.27. The molecular weight excluding hydrogens is 383 g/mol. The van der Waals surface area contributed by atoms with Gasteiger partial charge in [0.25, 0.3) is 5.91 Å². The topological polar surface area (TPSA) is 121 Å². The molecule has 11 heteroatoms. The van der Waals surface area contributed by atoms with Gasteiger partial charge in [-0.2, -0.15) is 5.10 Å². The summed E-state index contributed by atoms with van der Waals surface area (Å²) in [4.78, 5) is 11.6. The third kappa shape index (κ3) is 5.24. The summed E-state index contributed by atoms with van der Waals surface area (Å²) < 4.78 is 42.0. The second-order valence-corrected chi connectivity index (χ2v) is 6.42. The van der Waals surface area contributed by atoms with E-state index in [4.69, 9.17) is 32.4 Å². The minimum absolute atomic E-state index is 0.0219. The zero-order valence-electron chi connectivity index (χ0n) is 11.7. The Morgan fingerprint density at radius 1 is 1.33 bits per heavy atom. The Kier molecular flexibility index (Phi) is 5.84. The highest BCUT2D eigenvalue weighted by atomic mass is 35.5. The Morgan fingerprint density at radius 3 is 2.71 bits per heavy atom. The van der Waals surface area contributed by atoms with Gasteiger partial charge in [0.2, 0.25) is 5.09 Å². The average molecular weight is 392 g/mol. The number of furan rings is 1. The maximum absolute atomic E-state index is 11.6. The van der Waals surface area contributed by atoms with E-state index in [1.165, 1.54) is 18.2 Å². The summed E-state index contributed by atoms with van der Waals surface area (Å²) in [6.45, 7) is -0.364. The maximum Gasteiger partial charge on any atom is 0.277 e. The highest BCUT2D eigenvalue weighted by molar-refractivity contribution is 7.85. The van der Waals surface area contributed by atoms with E-state index >= 15 is 0 Å². The predicted octanol–water partition coefficient (Wildman–Crippen LogP) is 2.02. The van der Waals surface area contributed by atoms with Crippen LogP contribution in [0, 0.1) is 0 Å². The molecule has 0 saturated carbocycles. The molecule has 0 aliphatic heterocycles. The normalized spacial score (nSPS) is 11.6. The van der Waals surface area contributed by atoms with Crippen molar-refractivity contribution in [2.45, 2.75) is 5.09 Å². The van der Waals surface area contributed by atoms with Crippen molar-refractivity contribution >= 4 is 45.4 Å². The molecule has 0 bridgehead atoms. The van der Waals surface area contributed by atoms with Crippen molar-refractivity contribution in [2.75, 3.05) is 6.61 Å².